The van der Waals surface area contributed by atoms with Crippen molar-refractivity contribution < 1.29 is 14.6 Å². The van der Waals surface area contributed by atoms with Gasteiger partial charge in [-0.25, -0.2) is 0 Å². The molecule has 5 heteroatoms. The predicted molar refractivity (Wildman–Crippen MR) is 141 cm³/mol. The Labute approximate surface area is 206 Å². The quantitative estimate of drug-likeness (QED) is 0.328. The highest BCUT2D eigenvalue weighted by Crippen LogP contribution is 2.38. The summed E-state index contributed by atoms with van der Waals surface area (Å²) in [6.45, 7) is 3.60. The summed E-state index contributed by atoms with van der Waals surface area (Å²) < 4.78 is 6.38. The predicted octanol–water partition coefficient (Wildman–Crippen LogP) is 6.11. The molecule has 0 spiro atoms. The van der Waals surface area contributed by atoms with Crippen LogP contribution in [-0.4, -0.2) is 30.3 Å². The molecule has 0 amide bonds. The largest absolute Gasteiger partial charge is 0.485 e. The molecule has 5 rings (SSSR count). The summed E-state index contributed by atoms with van der Waals surface area (Å²) in [6, 6.07) is 31.4. The number of carboxylic acid groups (broad SMARTS) is 1. The third-order valence-electron chi connectivity index (χ3n) is 6.63. The molecular formula is C30H30N2O3. The molecular weight excluding hydrogens is 436 g/mol. The Morgan fingerprint density at radius 1 is 1.03 bits per heavy atom. The van der Waals surface area contributed by atoms with Crippen molar-refractivity contribution in [2.75, 3.05) is 18.0 Å². The number of benzene rings is 4. The van der Waals surface area contributed by atoms with Gasteiger partial charge in [0, 0.05) is 24.7 Å². The summed E-state index contributed by atoms with van der Waals surface area (Å²) >= 11 is 0. The first-order valence-electron chi connectivity index (χ1n) is 12.1. The van der Waals surface area contributed by atoms with Crippen LogP contribution < -0.4 is 15.0 Å². The molecule has 0 fully saturated rings. The lowest BCUT2D eigenvalue weighted by molar-refractivity contribution is -0.136. The molecule has 4 aromatic carbocycles. The number of nitrogens with zero attached hydrogens (tertiary/aromatic N) is 1. The van der Waals surface area contributed by atoms with Crippen molar-refractivity contribution in [1.29, 1.82) is 0 Å². The molecule has 2 atom stereocenters. The minimum Gasteiger partial charge on any atom is -0.485 e. The van der Waals surface area contributed by atoms with Gasteiger partial charge in [0.15, 0.2) is 0 Å². The second kappa shape index (κ2) is 10.2. The molecule has 2 N–H and O–H groups in total. The molecule has 1 aliphatic rings. The highest BCUT2D eigenvalue weighted by atomic mass is 16.5. The van der Waals surface area contributed by atoms with Crippen LogP contribution in [-0.2, 0) is 11.2 Å². The third-order valence-corrected chi connectivity index (χ3v) is 6.63. The van der Waals surface area contributed by atoms with E-state index in [0.717, 1.165) is 22.7 Å². The van der Waals surface area contributed by atoms with Gasteiger partial charge in [-0.2, -0.15) is 0 Å². The Morgan fingerprint density at radius 3 is 2.69 bits per heavy atom. The molecule has 1 aliphatic heterocycles. The molecule has 0 aliphatic carbocycles. The van der Waals surface area contributed by atoms with Crippen molar-refractivity contribution in [2.24, 2.45) is 0 Å². The zero-order valence-corrected chi connectivity index (χ0v) is 19.9. The Morgan fingerprint density at radius 2 is 1.80 bits per heavy atom. The summed E-state index contributed by atoms with van der Waals surface area (Å²) in [5.74, 6) is 0.0814. The minimum atomic E-state index is -0.779. The van der Waals surface area contributed by atoms with E-state index < -0.39 is 5.97 Å². The van der Waals surface area contributed by atoms with Gasteiger partial charge < -0.3 is 20.1 Å². The molecule has 0 saturated heterocycles. The number of rotatable bonds is 8. The maximum atomic E-state index is 11.0. The number of carboxylic acids is 1. The van der Waals surface area contributed by atoms with Crippen LogP contribution in [0.2, 0.25) is 0 Å². The van der Waals surface area contributed by atoms with Crippen molar-refractivity contribution >= 4 is 28.1 Å². The molecule has 35 heavy (non-hydrogen) atoms. The van der Waals surface area contributed by atoms with Crippen molar-refractivity contribution in [3.8, 4) is 5.75 Å². The Balaban J connectivity index is 1.34. The smallest absolute Gasteiger partial charge is 0.303 e. The van der Waals surface area contributed by atoms with Gasteiger partial charge >= 0.3 is 5.97 Å². The van der Waals surface area contributed by atoms with Crippen LogP contribution in [0.25, 0.3) is 10.8 Å². The van der Waals surface area contributed by atoms with Crippen LogP contribution in [0.3, 0.4) is 0 Å². The average molecular weight is 467 g/mol. The number of aryl methyl sites for hydroxylation is 1. The summed E-state index contributed by atoms with van der Waals surface area (Å²) in [4.78, 5) is 13.3. The van der Waals surface area contributed by atoms with Crippen LogP contribution in [0.5, 0.6) is 5.75 Å². The van der Waals surface area contributed by atoms with Crippen molar-refractivity contribution in [2.45, 2.75) is 31.9 Å². The van der Waals surface area contributed by atoms with Crippen LogP contribution in [0, 0.1) is 0 Å². The number of nitrogens with one attached hydrogen (secondary N) is 1. The van der Waals surface area contributed by atoms with Crippen LogP contribution in [0.15, 0.2) is 91.0 Å². The second-order valence-electron chi connectivity index (χ2n) is 9.08. The van der Waals surface area contributed by atoms with Crippen molar-refractivity contribution in [3.63, 3.8) is 0 Å². The lowest BCUT2D eigenvalue weighted by Crippen LogP contribution is -2.44. The molecule has 1 heterocycles. The molecule has 1 unspecified atom stereocenters. The van der Waals surface area contributed by atoms with Gasteiger partial charge in [0.25, 0.3) is 0 Å². The monoisotopic (exact) mass is 466 g/mol. The van der Waals surface area contributed by atoms with E-state index in [1.807, 2.05) is 30.3 Å². The van der Waals surface area contributed by atoms with Crippen LogP contribution >= 0.6 is 0 Å². The fourth-order valence-corrected chi connectivity index (χ4v) is 4.83. The number of para-hydroxylation sites is 2. The van der Waals surface area contributed by atoms with Crippen LogP contribution in [0.1, 0.15) is 30.5 Å². The van der Waals surface area contributed by atoms with E-state index in [4.69, 9.17) is 9.84 Å². The minimum absolute atomic E-state index is 0.0370. The number of anilines is 2. The van der Waals surface area contributed by atoms with Gasteiger partial charge in [-0.15, -0.1) is 0 Å². The molecule has 4 aromatic rings. The molecule has 0 saturated carbocycles. The van der Waals surface area contributed by atoms with E-state index in [1.54, 1.807) is 0 Å². The van der Waals surface area contributed by atoms with Crippen LogP contribution in [0.4, 0.5) is 11.4 Å². The van der Waals surface area contributed by atoms with Crippen molar-refractivity contribution in [1.82, 2.24) is 5.32 Å². The van der Waals surface area contributed by atoms with Gasteiger partial charge in [-0.1, -0.05) is 66.7 Å². The maximum Gasteiger partial charge on any atom is 0.303 e. The molecule has 178 valence electrons. The van der Waals surface area contributed by atoms with E-state index in [9.17, 15) is 4.79 Å². The number of hydrogen-bond donors (Lipinski definition) is 2. The first-order valence-corrected chi connectivity index (χ1v) is 12.1. The Hall–Kier alpha value is -3.83. The Bertz CT molecular complexity index is 1330. The highest BCUT2D eigenvalue weighted by molar-refractivity contribution is 5.86. The van der Waals surface area contributed by atoms with Crippen molar-refractivity contribution in [3.05, 3.63) is 102 Å². The van der Waals surface area contributed by atoms with E-state index in [0.29, 0.717) is 19.5 Å². The normalized spacial score (nSPS) is 15.9. The maximum absolute atomic E-state index is 11.0. The van der Waals surface area contributed by atoms with Gasteiger partial charge in [0.05, 0.1) is 12.2 Å². The summed E-state index contributed by atoms with van der Waals surface area (Å²) in [5, 5.41) is 15.3. The van der Waals surface area contributed by atoms with E-state index in [1.165, 1.54) is 16.3 Å². The lowest BCUT2D eigenvalue weighted by Gasteiger charge is -2.37. The third kappa shape index (κ3) is 5.15. The second-order valence-corrected chi connectivity index (χ2v) is 9.08. The van der Waals surface area contributed by atoms with Gasteiger partial charge in [0.1, 0.15) is 11.9 Å². The number of hydrogen-bond acceptors (Lipinski definition) is 4. The van der Waals surface area contributed by atoms with Gasteiger partial charge in [-0.05, 0) is 59.5 Å². The average Bonchev–Trinajstić information content (AvgIpc) is 2.90. The molecule has 0 aromatic heterocycles. The number of aliphatic carboxylic acids is 1. The first kappa shape index (κ1) is 22.9. The van der Waals surface area contributed by atoms with Gasteiger partial charge in [0.2, 0.25) is 0 Å². The molecule has 0 bridgehead atoms. The standard InChI is InChI=1S/C30H30N2O3/c1-21(26-13-7-10-23-9-2-3-12-27(23)26)31-19-25-20-32(28-14-4-5-15-29(28)35-25)24-11-6-8-22(18-24)16-17-30(33)34/h2-15,18,21,25,31H,16-17,19-20H2,1H3,(H,33,34)/t21-,25?/m1/s1. The zero-order valence-electron chi connectivity index (χ0n) is 19.9. The number of carbonyl (C=O) groups is 1. The fourth-order valence-electron chi connectivity index (χ4n) is 4.83. The summed E-state index contributed by atoms with van der Waals surface area (Å²) in [6.07, 6.45) is 0.606. The van der Waals surface area contributed by atoms with E-state index in [-0.39, 0.29) is 18.6 Å². The summed E-state index contributed by atoms with van der Waals surface area (Å²) in [5.41, 5.74) is 4.38. The summed E-state index contributed by atoms with van der Waals surface area (Å²) in [7, 11) is 0. The van der Waals surface area contributed by atoms with Gasteiger partial charge in [-0.3, -0.25) is 4.79 Å². The van der Waals surface area contributed by atoms with E-state index in [2.05, 4.69) is 77.8 Å². The SMILES string of the molecule is C[C@@H](NCC1CN(c2cccc(CCC(=O)O)c2)c2ccccc2O1)c1cccc2ccccc12. The topological polar surface area (TPSA) is 61.8 Å². The molecule has 0 radical (unpaired) electrons. The zero-order chi connectivity index (χ0) is 24.2. The van der Waals surface area contributed by atoms with E-state index >= 15 is 0 Å². The highest BCUT2D eigenvalue weighted by Gasteiger charge is 2.27. The molecule has 5 nitrogen and oxygen atoms in total. The number of fused-ring (bicyclic) bond motifs is 2. The first-order chi connectivity index (χ1) is 17.1. The lowest BCUT2D eigenvalue weighted by atomic mass is 9.99. The number of ether oxygens (including phenoxy) is 1. The Kier molecular flexibility index (Phi) is 6.68. The fraction of sp³-hybridized carbons (Fsp3) is 0.233.